The second kappa shape index (κ2) is 4.02. The van der Waals surface area contributed by atoms with Crippen LogP contribution in [0.1, 0.15) is 18.1 Å². The Morgan fingerprint density at radius 3 is 3.08 bits per heavy atom. The van der Waals surface area contributed by atoms with Gasteiger partial charge in [0.15, 0.2) is 0 Å². The van der Waals surface area contributed by atoms with Crippen LogP contribution >= 0.6 is 0 Å². The van der Waals surface area contributed by atoms with Crippen LogP contribution in [-0.4, -0.2) is 11.0 Å². The van der Waals surface area contributed by atoms with Gasteiger partial charge in [-0.2, -0.15) is 0 Å². The highest BCUT2D eigenvalue weighted by Gasteiger charge is 2.01. The van der Waals surface area contributed by atoms with Gasteiger partial charge in [-0.15, -0.1) is 0 Å². The highest BCUT2D eigenvalue weighted by molar-refractivity contribution is 5.50. The van der Waals surface area contributed by atoms with Crippen LogP contribution in [0.15, 0.2) is 25.0 Å². The normalized spacial score (nSPS) is 12.5. The van der Waals surface area contributed by atoms with E-state index in [9.17, 15) is 0 Å². The summed E-state index contributed by atoms with van der Waals surface area (Å²) in [4.78, 5) is 4.01. The topological polar surface area (TPSA) is 38.9 Å². The van der Waals surface area contributed by atoms with Gasteiger partial charge in [-0.1, -0.05) is 12.7 Å². The lowest BCUT2D eigenvalue weighted by atomic mass is 10.0. The number of aromatic nitrogens is 1. The quantitative estimate of drug-likeness (QED) is 0.733. The molecule has 1 heterocycles. The maximum absolute atomic E-state index is 5.69. The molecule has 1 aromatic rings. The molecule has 0 aromatic carbocycles. The summed E-state index contributed by atoms with van der Waals surface area (Å²) in [6.45, 7) is 5.71. The Bertz CT molecular complexity index is 266. The summed E-state index contributed by atoms with van der Waals surface area (Å²) in [5, 5.41) is 0. The lowest BCUT2D eigenvalue weighted by Crippen LogP contribution is -2.18. The third-order valence-corrected chi connectivity index (χ3v) is 1.71. The molecule has 0 saturated heterocycles. The predicted octanol–water partition coefficient (Wildman–Crippen LogP) is 1.61. The SMILES string of the molecule is C=Cc1cnccc1CC(C)N. The molecule has 0 aliphatic heterocycles. The summed E-state index contributed by atoms with van der Waals surface area (Å²) in [6, 6.07) is 2.17. The van der Waals surface area contributed by atoms with Crippen molar-refractivity contribution < 1.29 is 0 Å². The Labute approximate surface area is 73.1 Å². The van der Waals surface area contributed by atoms with E-state index in [1.807, 2.05) is 25.3 Å². The van der Waals surface area contributed by atoms with Gasteiger partial charge >= 0.3 is 0 Å². The fourth-order valence-corrected chi connectivity index (χ4v) is 1.15. The summed E-state index contributed by atoms with van der Waals surface area (Å²) in [5.41, 5.74) is 7.99. The van der Waals surface area contributed by atoms with Crippen LogP contribution in [0.2, 0.25) is 0 Å². The van der Waals surface area contributed by atoms with Gasteiger partial charge in [-0.05, 0) is 30.5 Å². The van der Waals surface area contributed by atoms with E-state index in [1.165, 1.54) is 5.56 Å². The summed E-state index contributed by atoms with van der Waals surface area (Å²) in [7, 11) is 0. The molecule has 1 aromatic heterocycles. The van der Waals surface area contributed by atoms with Gasteiger partial charge in [-0.3, -0.25) is 4.98 Å². The van der Waals surface area contributed by atoms with E-state index >= 15 is 0 Å². The minimum absolute atomic E-state index is 0.186. The van der Waals surface area contributed by atoms with Crippen molar-refractivity contribution in [3.8, 4) is 0 Å². The standard InChI is InChI=1S/C10H14N2/c1-3-9-7-12-5-4-10(9)6-8(2)11/h3-5,7-8H,1,6,11H2,2H3. The maximum Gasteiger partial charge on any atom is 0.0342 e. The molecule has 64 valence electrons. The lowest BCUT2D eigenvalue weighted by Gasteiger charge is -2.07. The highest BCUT2D eigenvalue weighted by atomic mass is 14.6. The number of nitrogens with two attached hydrogens (primary N) is 1. The second-order valence-corrected chi connectivity index (χ2v) is 2.96. The molecule has 0 bridgehead atoms. The van der Waals surface area contributed by atoms with Crippen molar-refractivity contribution in [1.29, 1.82) is 0 Å². The molecule has 0 aliphatic carbocycles. The number of hydrogen-bond donors (Lipinski definition) is 1. The van der Waals surface area contributed by atoms with Gasteiger partial charge in [0, 0.05) is 18.4 Å². The van der Waals surface area contributed by atoms with Crippen LogP contribution in [0, 0.1) is 0 Å². The van der Waals surface area contributed by atoms with Crippen molar-refractivity contribution in [1.82, 2.24) is 4.98 Å². The molecule has 2 N–H and O–H groups in total. The zero-order valence-electron chi connectivity index (χ0n) is 7.33. The van der Waals surface area contributed by atoms with Crippen molar-refractivity contribution in [3.05, 3.63) is 36.2 Å². The molecule has 1 atom stereocenters. The van der Waals surface area contributed by atoms with Gasteiger partial charge in [0.1, 0.15) is 0 Å². The minimum Gasteiger partial charge on any atom is -0.328 e. The summed E-state index contributed by atoms with van der Waals surface area (Å²) in [6.07, 6.45) is 6.28. The molecule has 0 saturated carbocycles. The van der Waals surface area contributed by atoms with Crippen LogP contribution in [0.5, 0.6) is 0 Å². The Hall–Kier alpha value is -1.15. The van der Waals surface area contributed by atoms with Crippen LogP contribution in [0.25, 0.3) is 6.08 Å². The molecule has 12 heavy (non-hydrogen) atoms. The first-order valence-electron chi connectivity index (χ1n) is 4.05. The van der Waals surface area contributed by atoms with Crippen LogP contribution in [0.3, 0.4) is 0 Å². The first-order valence-corrected chi connectivity index (χ1v) is 4.05. The molecule has 0 fully saturated rings. The summed E-state index contributed by atoms with van der Waals surface area (Å²) >= 11 is 0. The van der Waals surface area contributed by atoms with Crippen LogP contribution < -0.4 is 5.73 Å². The summed E-state index contributed by atoms with van der Waals surface area (Å²) < 4.78 is 0. The smallest absolute Gasteiger partial charge is 0.0342 e. The molecule has 0 aliphatic rings. The van der Waals surface area contributed by atoms with E-state index < -0.39 is 0 Å². The predicted molar refractivity (Wildman–Crippen MR) is 51.7 cm³/mol. The molecule has 1 unspecified atom stereocenters. The van der Waals surface area contributed by atoms with E-state index in [-0.39, 0.29) is 6.04 Å². The average molecular weight is 162 g/mol. The maximum atomic E-state index is 5.69. The van der Waals surface area contributed by atoms with E-state index in [0.29, 0.717) is 0 Å². The first-order chi connectivity index (χ1) is 5.74. The van der Waals surface area contributed by atoms with Gasteiger partial charge < -0.3 is 5.73 Å². The molecule has 2 heteroatoms. The van der Waals surface area contributed by atoms with Crippen molar-refractivity contribution in [2.45, 2.75) is 19.4 Å². The van der Waals surface area contributed by atoms with Crippen molar-refractivity contribution in [2.24, 2.45) is 5.73 Å². The zero-order valence-corrected chi connectivity index (χ0v) is 7.33. The monoisotopic (exact) mass is 162 g/mol. The molecule has 2 nitrogen and oxygen atoms in total. The Morgan fingerprint density at radius 2 is 2.50 bits per heavy atom. The third kappa shape index (κ3) is 2.17. The minimum atomic E-state index is 0.186. The number of nitrogens with zero attached hydrogens (tertiary/aromatic N) is 1. The fraction of sp³-hybridized carbons (Fsp3) is 0.300. The lowest BCUT2D eigenvalue weighted by molar-refractivity contribution is 0.736. The molecule has 0 spiro atoms. The Balaban J connectivity index is 2.89. The highest BCUT2D eigenvalue weighted by Crippen LogP contribution is 2.09. The fourth-order valence-electron chi connectivity index (χ4n) is 1.15. The average Bonchev–Trinajstić information content (AvgIpc) is 2.04. The summed E-state index contributed by atoms with van der Waals surface area (Å²) in [5.74, 6) is 0. The molecular weight excluding hydrogens is 148 g/mol. The number of pyridine rings is 1. The van der Waals surface area contributed by atoms with E-state index in [2.05, 4.69) is 11.6 Å². The first kappa shape index (κ1) is 8.94. The van der Waals surface area contributed by atoms with Gasteiger partial charge in [0.05, 0.1) is 0 Å². The molecular formula is C10H14N2. The third-order valence-electron chi connectivity index (χ3n) is 1.71. The second-order valence-electron chi connectivity index (χ2n) is 2.96. The van der Waals surface area contributed by atoms with Crippen LogP contribution in [-0.2, 0) is 6.42 Å². The van der Waals surface area contributed by atoms with E-state index in [4.69, 9.17) is 5.73 Å². The Morgan fingerprint density at radius 1 is 1.75 bits per heavy atom. The molecule has 0 radical (unpaired) electrons. The van der Waals surface area contributed by atoms with Crippen molar-refractivity contribution in [3.63, 3.8) is 0 Å². The van der Waals surface area contributed by atoms with Crippen molar-refractivity contribution >= 4 is 6.08 Å². The van der Waals surface area contributed by atoms with E-state index in [0.717, 1.165) is 12.0 Å². The molecule has 0 amide bonds. The van der Waals surface area contributed by atoms with Gasteiger partial charge in [0.2, 0.25) is 0 Å². The number of hydrogen-bond acceptors (Lipinski definition) is 2. The van der Waals surface area contributed by atoms with Crippen LogP contribution in [0.4, 0.5) is 0 Å². The van der Waals surface area contributed by atoms with E-state index in [1.54, 1.807) is 6.20 Å². The Kier molecular flexibility index (Phi) is 3.00. The van der Waals surface area contributed by atoms with Gasteiger partial charge in [0.25, 0.3) is 0 Å². The largest absolute Gasteiger partial charge is 0.328 e. The van der Waals surface area contributed by atoms with Gasteiger partial charge in [-0.25, -0.2) is 0 Å². The zero-order chi connectivity index (χ0) is 8.97. The van der Waals surface area contributed by atoms with Crippen molar-refractivity contribution in [2.75, 3.05) is 0 Å². The number of rotatable bonds is 3. The molecule has 1 rings (SSSR count).